The van der Waals surface area contributed by atoms with Crippen molar-refractivity contribution >= 4 is 21.5 Å². The van der Waals surface area contributed by atoms with Gasteiger partial charge in [0, 0.05) is 6.54 Å². The minimum Gasteiger partial charge on any atom is -0.330 e. The van der Waals surface area contributed by atoms with Crippen molar-refractivity contribution in [2.24, 2.45) is 5.73 Å². The summed E-state index contributed by atoms with van der Waals surface area (Å²) in [6.07, 6.45) is 2.22. The Morgan fingerprint density at radius 2 is 1.43 bits per heavy atom. The van der Waals surface area contributed by atoms with Crippen molar-refractivity contribution in [3.8, 4) is 0 Å². The van der Waals surface area contributed by atoms with Crippen LogP contribution in [0.3, 0.4) is 0 Å². The van der Waals surface area contributed by atoms with Gasteiger partial charge in [0.1, 0.15) is 0 Å². The third-order valence-corrected chi connectivity index (χ3v) is 3.99. The zero-order valence-corrected chi connectivity index (χ0v) is 12.3. The number of hydrogen-bond donors (Lipinski definition) is 2. The number of rotatable bonds is 6. The molecule has 0 spiro atoms. The van der Waals surface area contributed by atoms with E-state index in [0.717, 1.165) is 32.5 Å². The fraction of sp³-hybridized carbons (Fsp3) is 0.263. The molecule has 0 aliphatic heterocycles. The molecule has 0 atom stereocenters. The van der Waals surface area contributed by atoms with E-state index in [9.17, 15) is 0 Å². The Morgan fingerprint density at radius 1 is 0.810 bits per heavy atom. The van der Waals surface area contributed by atoms with Crippen LogP contribution in [0.25, 0.3) is 21.5 Å². The van der Waals surface area contributed by atoms with E-state index in [-0.39, 0.29) is 0 Å². The topological polar surface area (TPSA) is 38.0 Å². The second kappa shape index (κ2) is 6.70. The second-order valence-electron chi connectivity index (χ2n) is 5.47. The largest absolute Gasteiger partial charge is 0.330 e. The summed E-state index contributed by atoms with van der Waals surface area (Å²) >= 11 is 0. The normalized spacial score (nSPS) is 11.3. The highest BCUT2D eigenvalue weighted by atomic mass is 14.8. The first-order valence-electron chi connectivity index (χ1n) is 7.70. The van der Waals surface area contributed by atoms with Crippen LogP contribution in [-0.2, 0) is 6.54 Å². The SMILES string of the molecule is NCCCCNCc1c2ccccc2cc2ccccc12. The number of hydrogen-bond acceptors (Lipinski definition) is 2. The maximum absolute atomic E-state index is 5.54. The van der Waals surface area contributed by atoms with E-state index in [1.807, 2.05) is 0 Å². The van der Waals surface area contributed by atoms with Crippen molar-refractivity contribution in [3.05, 3.63) is 60.2 Å². The number of benzene rings is 3. The lowest BCUT2D eigenvalue weighted by molar-refractivity contribution is 0.630. The molecule has 21 heavy (non-hydrogen) atoms. The molecule has 0 radical (unpaired) electrons. The molecule has 0 fully saturated rings. The first-order chi connectivity index (χ1) is 10.4. The molecule has 108 valence electrons. The Bertz CT molecular complexity index is 680. The average Bonchev–Trinajstić information content (AvgIpc) is 2.53. The number of nitrogens with two attached hydrogens (primary N) is 1. The molecule has 0 unspecified atom stereocenters. The van der Waals surface area contributed by atoms with Crippen LogP contribution in [-0.4, -0.2) is 13.1 Å². The zero-order chi connectivity index (χ0) is 14.5. The van der Waals surface area contributed by atoms with E-state index < -0.39 is 0 Å². The smallest absolute Gasteiger partial charge is 0.0217 e. The van der Waals surface area contributed by atoms with Crippen molar-refractivity contribution in [1.29, 1.82) is 0 Å². The van der Waals surface area contributed by atoms with E-state index in [0.29, 0.717) is 0 Å². The van der Waals surface area contributed by atoms with Crippen LogP contribution in [0, 0.1) is 0 Å². The Hall–Kier alpha value is -1.90. The molecular weight excluding hydrogens is 256 g/mol. The predicted octanol–water partition coefficient (Wildman–Crippen LogP) is 3.82. The van der Waals surface area contributed by atoms with Crippen molar-refractivity contribution in [1.82, 2.24) is 5.32 Å². The van der Waals surface area contributed by atoms with E-state index in [4.69, 9.17) is 5.73 Å². The highest BCUT2D eigenvalue weighted by Gasteiger charge is 2.06. The van der Waals surface area contributed by atoms with Gasteiger partial charge in [-0.25, -0.2) is 0 Å². The van der Waals surface area contributed by atoms with Gasteiger partial charge in [-0.1, -0.05) is 48.5 Å². The van der Waals surface area contributed by atoms with Gasteiger partial charge in [0.2, 0.25) is 0 Å². The van der Waals surface area contributed by atoms with Gasteiger partial charge in [-0.3, -0.25) is 0 Å². The molecule has 3 aromatic rings. The molecule has 3 N–H and O–H groups in total. The molecular formula is C19H22N2. The molecule has 0 saturated carbocycles. The van der Waals surface area contributed by atoms with Crippen LogP contribution < -0.4 is 11.1 Å². The van der Waals surface area contributed by atoms with Gasteiger partial charge >= 0.3 is 0 Å². The third kappa shape index (κ3) is 3.07. The highest BCUT2D eigenvalue weighted by Crippen LogP contribution is 2.28. The van der Waals surface area contributed by atoms with Gasteiger partial charge in [0.15, 0.2) is 0 Å². The van der Waals surface area contributed by atoms with Crippen LogP contribution in [0.5, 0.6) is 0 Å². The molecule has 0 heterocycles. The Morgan fingerprint density at radius 3 is 2.05 bits per heavy atom. The Balaban J connectivity index is 1.96. The highest BCUT2D eigenvalue weighted by molar-refractivity contribution is 6.02. The Labute approximate surface area is 126 Å². The second-order valence-corrected chi connectivity index (χ2v) is 5.47. The average molecular weight is 278 g/mol. The van der Waals surface area contributed by atoms with Gasteiger partial charge < -0.3 is 11.1 Å². The van der Waals surface area contributed by atoms with Crippen LogP contribution in [0.2, 0.25) is 0 Å². The fourth-order valence-electron chi connectivity index (χ4n) is 2.91. The molecule has 0 saturated heterocycles. The minimum absolute atomic E-state index is 0.777. The van der Waals surface area contributed by atoms with E-state index in [1.165, 1.54) is 27.1 Å². The maximum atomic E-state index is 5.54. The lowest BCUT2D eigenvalue weighted by Crippen LogP contribution is -2.16. The summed E-state index contributed by atoms with van der Waals surface area (Å²) in [7, 11) is 0. The maximum Gasteiger partial charge on any atom is 0.0217 e. The molecule has 2 nitrogen and oxygen atoms in total. The van der Waals surface area contributed by atoms with Gasteiger partial charge in [0.05, 0.1) is 0 Å². The summed E-state index contributed by atoms with van der Waals surface area (Å²) in [5.41, 5.74) is 6.94. The standard InChI is InChI=1S/C19H22N2/c20-11-5-6-12-21-14-19-17-9-3-1-7-15(17)13-16-8-2-4-10-18(16)19/h1-4,7-10,13,21H,5-6,11-12,14,20H2. The number of nitrogens with one attached hydrogen (secondary N) is 1. The summed E-state index contributed by atoms with van der Waals surface area (Å²) in [6, 6.07) is 19.6. The van der Waals surface area contributed by atoms with Gasteiger partial charge in [-0.05, 0) is 59.1 Å². The molecule has 0 aliphatic rings. The summed E-state index contributed by atoms with van der Waals surface area (Å²) in [5, 5.41) is 8.89. The van der Waals surface area contributed by atoms with Crippen LogP contribution >= 0.6 is 0 Å². The molecule has 3 aromatic carbocycles. The first-order valence-corrected chi connectivity index (χ1v) is 7.70. The van der Waals surface area contributed by atoms with Gasteiger partial charge in [0.25, 0.3) is 0 Å². The third-order valence-electron chi connectivity index (χ3n) is 3.99. The van der Waals surface area contributed by atoms with Gasteiger partial charge in [-0.2, -0.15) is 0 Å². The van der Waals surface area contributed by atoms with Crippen LogP contribution in [0.1, 0.15) is 18.4 Å². The first kappa shape index (κ1) is 14.1. The molecule has 3 rings (SSSR count). The quantitative estimate of drug-likeness (QED) is 0.531. The fourth-order valence-corrected chi connectivity index (χ4v) is 2.91. The predicted molar refractivity (Wildman–Crippen MR) is 91.4 cm³/mol. The van der Waals surface area contributed by atoms with Crippen molar-refractivity contribution in [3.63, 3.8) is 0 Å². The van der Waals surface area contributed by atoms with Crippen molar-refractivity contribution in [2.45, 2.75) is 19.4 Å². The molecule has 0 aromatic heterocycles. The molecule has 2 heteroatoms. The van der Waals surface area contributed by atoms with E-state index in [2.05, 4.69) is 59.9 Å². The van der Waals surface area contributed by atoms with Gasteiger partial charge in [-0.15, -0.1) is 0 Å². The number of unbranched alkanes of at least 4 members (excludes halogenated alkanes) is 1. The summed E-state index contributed by atoms with van der Waals surface area (Å²) in [5.74, 6) is 0. The lowest BCUT2D eigenvalue weighted by atomic mass is 9.97. The van der Waals surface area contributed by atoms with Crippen molar-refractivity contribution < 1.29 is 0 Å². The summed E-state index contributed by atoms with van der Waals surface area (Å²) < 4.78 is 0. The lowest BCUT2D eigenvalue weighted by Gasteiger charge is -2.12. The molecule has 0 aliphatic carbocycles. The zero-order valence-electron chi connectivity index (χ0n) is 12.3. The van der Waals surface area contributed by atoms with E-state index >= 15 is 0 Å². The summed E-state index contributed by atoms with van der Waals surface area (Å²) in [4.78, 5) is 0. The summed E-state index contributed by atoms with van der Waals surface area (Å²) in [6.45, 7) is 2.71. The molecule has 0 amide bonds. The monoisotopic (exact) mass is 278 g/mol. The van der Waals surface area contributed by atoms with Crippen LogP contribution in [0.4, 0.5) is 0 Å². The molecule has 0 bridgehead atoms. The minimum atomic E-state index is 0.777. The number of fused-ring (bicyclic) bond motifs is 2. The van der Waals surface area contributed by atoms with E-state index in [1.54, 1.807) is 0 Å². The van der Waals surface area contributed by atoms with Crippen LogP contribution in [0.15, 0.2) is 54.6 Å². The Kier molecular flexibility index (Phi) is 4.49. The van der Waals surface area contributed by atoms with Crippen molar-refractivity contribution in [2.75, 3.05) is 13.1 Å².